The highest BCUT2D eigenvalue weighted by Crippen LogP contribution is 2.25. The van der Waals surface area contributed by atoms with Gasteiger partial charge in [0.2, 0.25) is 10.0 Å². The van der Waals surface area contributed by atoms with Gasteiger partial charge in [0.1, 0.15) is 5.75 Å². The van der Waals surface area contributed by atoms with Crippen LogP contribution in [-0.2, 0) is 34.1 Å². The van der Waals surface area contributed by atoms with E-state index < -0.39 is 16.0 Å². The fourth-order valence-electron chi connectivity index (χ4n) is 3.08. The first kappa shape index (κ1) is 17.4. The first-order chi connectivity index (χ1) is 11.9. The summed E-state index contributed by atoms with van der Waals surface area (Å²) in [7, 11) is -2.09. The van der Waals surface area contributed by atoms with Crippen LogP contribution in [0.15, 0.2) is 47.4 Å². The van der Waals surface area contributed by atoms with Gasteiger partial charge in [0.05, 0.1) is 18.4 Å². The lowest BCUT2D eigenvalue weighted by Gasteiger charge is -2.13. The van der Waals surface area contributed by atoms with E-state index in [0.29, 0.717) is 18.6 Å². The summed E-state index contributed by atoms with van der Waals surface area (Å²) in [5, 5.41) is 8.88. The fourth-order valence-corrected chi connectivity index (χ4v) is 4.32. The Balaban J connectivity index is 1.72. The second kappa shape index (κ2) is 6.85. The molecule has 0 aromatic heterocycles. The molecule has 1 unspecified atom stereocenters. The van der Waals surface area contributed by atoms with Crippen LogP contribution >= 0.6 is 0 Å². The normalized spacial score (nSPS) is 16.4. The Bertz CT molecular complexity index is 890. The van der Waals surface area contributed by atoms with Gasteiger partial charge >= 0.3 is 5.97 Å². The molecule has 1 aliphatic carbocycles. The van der Waals surface area contributed by atoms with Crippen LogP contribution in [0.5, 0.6) is 5.75 Å². The summed E-state index contributed by atoms with van der Waals surface area (Å²) in [6, 6.07) is 11.5. The van der Waals surface area contributed by atoms with E-state index in [9.17, 15) is 13.2 Å². The minimum atomic E-state index is -3.62. The lowest BCUT2D eigenvalue weighted by Crippen LogP contribution is -2.35. The zero-order valence-electron chi connectivity index (χ0n) is 13.7. The number of fused-ring (bicyclic) bond motifs is 1. The smallest absolute Gasteiger partial charge is 0.307 e. The molecule has 2 aromatic carbocycles. The summed E-state index contributed by atoms with van der Waals surface area (Å²) in [5.41, 5.74) is 2.78. The maximum absolute atomic E-state index is 12.5. The van der Waals surface area contributed by atoms with Crippen LogP contribution in [0, 0.1) is 0 Å². The predicted octanol–water partition coefficient (Wildman–Crippen LogP) is 1.77. The zero-order valence-corrected chi connectivity index (χ0v) is 14.5. The highest BCUT2D eigenvalue weighted by Gasteiger charge is 2.26. The number of rotatable bonds is 6. The van der Waals surface area contributed by atoms with Crippen molar-refractivity contribution >= 4 is 16.0 Å². The molecule has 0 aliphatic heterocycles. The topological polar surface area (TPSA) is 92.7 Å². The molecule has 3 rings (SSSR count). The second-order valence-corrected chi connectivity index (χ2v) is 7.79. The van der Waals surface area contributed by atoms with E-state index in [1.807, 2.05) is 12.1 Å². The number of sulfonamides is 1. The Morgan fingerprint density at radius 3 is 2.48 bits per heavy atom. The van der Waals surface area contributed by atoms with Crippen molar-refractivity contribution in [3.8, 4) is 5.75 Å². The van der Waals surface area contributed by atoms with Gasteiger partial charge in [-0.25, -0.2) is 13.1 Å². The number of benzene rings is 2. The van der Waals surface area contributed by atoms with Gasteiger partial charge in [0.15, 0.2) is 0 Å². The third-order valence-electron chi connectivity index (χ3n) is 4.25. The summed E-state index contributed by atoms with van der Waals surface area (Å²) in [6.07, 6.45) is 1.12. The summed E-state index contributed by atoms with van der Waals surface area (Å²) >= 11 is 0. The molecule has 6 nitrogen and oxygen atoms in total. The number of carboxylic acid groups (broad SMARTS) is 1. The molecule has 0 spiro atoms. The van der Waals surface area contributed by atoms with Crippen LogP contribution in [0.3, 0.4) is 0 Å². The Morgan fingerprint density at radius 2 is 1.84 bits per heavy atom. The van der Waals surface area contributed by atoms with Crippen molar-refractivity contribution in [3.63, 3.8) is 0 Å². The maximum atomic E-state index is 12.5. The average molecular weight is 361 g/mol. The highest BCUT2D eigenvalue weighted by atomic mass is 32.2. The number of hydrogen-bond donors (Lipinski definition) is 2. The van der Waals surface area contributed by atoms with Crippen molar-refractivity contribution in [3.05, 3.63) is 59.2 Å². The first-order valence-electron chi connectivity index (χ1n) is 7.86. The van der Waals surface area contributed by atoms with Crippen LogP contribution in [0.25, 0.3) is 0 Å². The lowest BCUT2D eigenvalue weighted by atomic mass is 10.0. The van der Waals surface area contributed by atoms with Crippen LogP contribution < -0.4 is 9.46 Å². The Morgan fingerprint density at radius 1 is 1.16 bits per heavy atom. The SMILES string of the molecule is COc1ccc(S(=O)(=O)NC2Cc3ccc(CC(=O)O)cc3C2)cc1. The van der Waals surface area contributed by atoms with Gasteiger partial charge in [0.25, 0.3) is 0 Å². The molecule has 0 heterocycles. The van der Waals surface area contributed by atoms with Crippen molar-refractivity contribution in [2.75, 3.05) is 7.11 Å². The largest absolute Gasteiger partial charge is 0.497 e. The van der Waals surface area contributed by atoms with Gasteiger partial charge in [-0.3, -0.25) is 4.79 Å². The number of aliphatic carboxylic acids is 1. The fraction of sp³-hybridized carbons (Fsp3) is 0.278. The van der Waals surface area contributed by atoms with Gasteiger partial charge in [-0.2, -0.15) is 0 Å². The Labute approximate surface area is 146 Å². The molecule has 0 saturated heterocycles. The Kier molecular flexibility index (Phi) is 4.78. The van der Waals surface area contributed by atoms with Gasteiger partial charge in [-0.15, -0.1) is 0 Å². The minimum absolute atomic E-state index is 0.0322. The molecular weight excluding hydrogens is 342 g/mol. The van der Waals surface area contributed by atoms with E-state index in [2.05, 4.69) is 4.72 Å². The number of nitrogens with one attached hydrogen (secondary N) is 1. The first-order valence-corrected chi connectivity index (χ1v) is 9.34. The molecule has 1 aliphatic rings. The number of ether oxygens (including phenoxy) is 1. The van der Waals surface area contributed by atoms with Crippen molar-refractivity contribution < 1.29 is 23.1 Å². The predicted molar refractivity (Wildman–Crippen MR) is 92.3 cm³/mol. The van der Waals surface area contributed by atoms with E-state index in [1.54, 1.807) is 18.2 Å². The molecule has 2 N–H and O–H groups in total. The number of carboxylic acids is 1. The molecular formula is C18H19NO5S. The molecule has 2 aromatic rings. The molecule has 1 atom stereocenters. The minimum Gasteiger partial charge on any atom is -0.497 e. The third-order valence-corrected chi connectivity index (χ3v) is 5.79. The molecule has 0 saturated carbocycles. The van der Waals surface area contributed by atoms with E-state index in [-0.39, 0.29) is 17.4 Å². The van der Waals surface area contributed by atoms with Crippen LogP contribution in [0.1, 0.15) is 16.7 Å². The van der Waals surface area contributed by atoms with Crippen LogP contribution in [0.2, 0.25) is 0 Å². The molecule has 7 heteroatoms. The quantitative estimate of drug-likeness (QED) is 0.818. The molecule has 132 valence electrons. The molecule has 0 radical (unpaired) electrons. The maximum Gasteiger partial charge on any atom is 0.307 e. The Hall–Kier alpha value is -2.38. The lowest BCUT2D eigenvalue weighted by molar-refractivity contribution is -0.136. The van der Waals surface area contributed by atoms with E-state index >= 15 is 0 Å². The number of hydrogen-bond acceptors (Lipinski definition) is 4. The number of carbonyl (C=O) groups is 1. The van der Waals surface area contributed by atoms with Crippen LogP contribution in [-0.4, -0.2) is 32.6 Å². The summed E-state index contributed by atoms with van der Waals surface area (Å²) in [5.74, 6) is -0.284. The van der Waals surface area contributed by atoms with Gasteiger partial charge < -0.3 is 9.84 Å². The molecule has 0 bridgehead atoms. The van der Waals surface area contributed by atoms with Crippen LogP contribution in [0.4, 0.5) is 0 Å². The van der Waals surface area contributed by atoms with Crippen molar-refractivity contribution in [1.29, 1.82) is 0 Å². The summed E-state index contributed by atoms with van der Waals surface area (Å²) in [4.78, 5) is 11.0. The number of methoxy groups -OCH3 is 1. The standard InChI is InChI=1S/C18H19NO5S/c1-24-16-4-6-17(7-5-16)25(22,23)19-15-10-13-3-2-12(9-18(20)21)8-14(13)11-15/h2-8,15,19H,9-11H2,1H3,(H,20,21). The van der Waals surface area contributed by atoms with Gasteiger partial charge in [-0.1, -0.05) is 18.2 Å². The van der Waals surface area contributed by atoms with Crippen molar-refractivity contribution in [1.82, 2.24) is 4.72 Å². The van der Waals surface area contributed by atoms with Gasteiger partial charge in [0, 0.05) is 6.04 Å². The highest BCUT2D eigenvalue weighted by molar-refractivity contribution is 7.89. The summed E-state index contributed by atoms with van der Waals surface area (Å²) < 4.78 is 32.8. The molecule has 0 fully saturated rings. The average Bonchev–Trinajstić information content (AvgIpc) is 2.95. The van der Waals surface area contributed by atoms with E-state index in [0.717, 1.165) is 16.7 Å². The third kappa shape index (κ3) is 4.00. The van der Waals surface area contributed by atoms with Crippen molar-refractivity contribution in [2.45, 2.75) is 30.2 Å². The van der Waals surface area contributed by atoms with Crippen molar-refractivity contribution in [2.24, 2.45) is 0 Å². The van der Waals surface area contributed by atoms with E-state index in [4.69, 9.17) is 9.84 Å². The summed E-state index contributed by atoms with van der Waals surface area (Å²) in [6.45, 7) is 0. The molecule has 25 heavy (non-hydrogen) atoms. The van der Waals surface area contributed by atoms with E-state index in [1.165, 1.54) is 19.2 Å². The monoisotopic (exact) mass is 361 g/mol. The molecule has 0 amide bonds. The second-order valence-electron chi connectivity index (χ2n) is 6.08. The van der Waals surface area contributed by atoms with Gasteiger partial charge in [-0.05, 0) is 53.8 Å². The zero-order chi connectivity index (χ0) is 18.0.